The van der Waals surface area contributed by atoms with Crippen LogP contribution in [0.25, 0.3) is 11.3 Å². The van der Waals surface area contributed by atoms with Gasteiger partial charge in [0.2, 0.25) is 5.95 Å². The lowest BCUT2D eigenvalue weighted by atomic mass is 10.2. The molecule has 15 heavy (non-hydrogen) atoms. The third-order valence-corrected chi connectivity index (χ3v) is 2.63. The van der Waals surface area contributed by atoms with Crippen LogP contribution in [0.2, 0.25) is 0 Å². The Balaban J connectivity index is 2.43. The summed E-state index contributed by atoms with van der Waals surface area (Å²) in [5.74, 6) is -0.437. The van der Waals surface area contributed by atoms with Crippen molar-refractivity contribution in [2.45, 2.75) is 5.33 Å². The van der Waals surface area contributed by atoms with Crippen molar-refractivity contribution in [3.63, 3.8) is 0 Å². The van der Waals surface area contributed by atoms with Crippen LogP contribution in [0.5, 0.6) is 0 Å². The zero-order valence-corrected chi connectivity index (χ0v) is 9.41. The van der Waals surface area contributed by atoms with Crippen LogP contribution in [0.15, 0.2) is 36.7 Å². The van der Waals surface area contributed by atoms with Crippen LogP contribution in [0.3, 0.4) is 0 Å². The van der Waals surface area contributed by atoms with Crippen LogP contribution in [-0.2, 0) is 5.33 Å². The Kier molecular flexibility index (Phi) is 3.06. The number of aromatic nitrogens is 2. The first-order valence-corrected chi connectivity index (χ1v) is 5.55. The molecule has 0 aromatic carbocycles. The second-order valence-corrected chi connectivity index (χ2v) is 3.58. The lowest BCUT2D eigenvalue weighted by molar-refractivity contribution is 0.575. The molecule has 0 N–H and O–H groups in total. The van der Waals surface area contributed by atoms with Crippen molar-refractivity contribution < 1.29 is 4.39 Å². The molecule has 0 aliphatic rings. The van der Waals surface area contributed by atoms with Gasteiger partial charge in [0.1, 0.15) is 0 Å². The number of hydrogen-bond acceptors (Lipinski definition) is 2. The second kappa shape index (κ2) is 4.49. The molecule has 0 amide bonds. The maximum atomic E-state index is 13.4. The van der Waals surface area contributed by atoms with Gasteiger partial charge in [-0.15, -0.1) is 0 Å². The van der Waals surface area contributed by atoms with E-state index in [0.717, 1.165) is 5.56 Å². The van der Waals surface area contributed by atoms with E-state index in [-0.39, 0.29) is 0 Å². The van der Waals surface area contributed by atoms with Crippen molar-refractivity contribution in [3.05, 3.63) is 48.2 Å². The molecular formula is C11H8BrFN2. The van der Waals surface area contributed by atoms with E-state index < -0.39 is 5.95 Å². The highest BCUT2D eigenvalue weighted by molar-refractivity contribution is 9.08. The normalized spacial score (nSPS) is 10.3. The Hall–Kier alpha value is -1.29. The Morgan fingerprint density at radius 2 is 2.13 bits per heavy atom. The first-order valence-electron chi connectivity index (χ1n) is 4.43. The van der Waals surface area contributed by atoms with Gasteiger partial charge in [-0.2, -0.15) is 4.39 Å². The molecule has 2 heterocycles. The Morgan fingerprint density at radius 3 is 2.73 bits per heavy atom. The van der Waals surface area contributed by atoms with Gasteiger partial charge in [0.25, 0.3) is 0 Å². The van der Waals surface area contributed by atoms with Crippen molar-refractivity contribution in [3.8, 4) is 11.3 Å². The SMILES string of the molecule is Fc1nc(-c2cccnc2)ccc1CBr. The summed E-state index contributed by atoms with van der Waals surface area (Å²) in [7, 11) is 0. The third-order valence-electron chi connectivity index (χ3n) is 2.03. The van der Waals surface area contributed by atoms with Crippen LogP contribution >= 0.6 is 15.9 Å². The van der Waals surface area contributed by atoms with Crippen LogP contribution < -0.4 is 0 Å². The molecular weight excluding hydrogens is 259 g/mol. The number of pyridine rings is 2. The van der Waals surface area contributed by atoms with Crippen molar-refractivity contribution in [2.75, 3.05) is 0 Å². The number of nitrogens with zero attached hydrogens (tertiary/aromatic N) is 2. The van der Waals surface area contributed by atoms with Gasteiger partial charge in [-0.1, -0.05) is 22.0 Å². The molecule has 0 aliphatic heterocycles. The Labute approximate surface area is 95.3 Å². The van der Waals surface area contributed by atoms with E-state index >= 15 is 0 Å². The molecule has 4 heteroatoms. The van der Waals surface area contributed by atoms with E-state index in [0.29, 0.717) is 16.6 Å². The lowest BCUT2D eigenvalue weighted by Crippen LogP contribution is -1.93. The standard InChI is InChI=1S/C11H8BrFN2/c12-6-8-3-4-10(15-11(8)13)9-2-1-5-14-7-9/h1-5,7H,6H2. The summed E-state index contributed by atoms with van der Waals surface area (Å²) in [5.41, 5.74) is 1.98. The van der Waals surface area contributed by atoms with Crippen molar-refractivity contribution in [2.24, 2.45) is 0 Å². The topological polar surface area (TPSA) is 25.8 Å². The highest BCUT2D eigenvalue weighted by Crippen LogP contribution is 2.18. The van der Waals surface area contributed by atoms with E-state index in [1.165, 1.54) is 0 Å². The highest BCUT2D eigenvalue weighted by Gasteiger charge is 2.05. The fourth-order valence-corrected chi connectivity index (χ4v) is 1.66. The number of hydrogen-bond donors (Lipinski definition) is 0. The minimum absolute atomic E-state index is 0.437. The van der Waals surface area contributed by atoms with Crippen LogP contribution in [0, 0.1) is 5.95 Å². The van der Waals surface area contributed by atoms with Gasteiger partial charge >= 0.3 is 0 Å². The zero-order valence-electron chi connectivity index (χ0n) is 7.82. The molecule has 0 atom stereocenters. The van der Waals surface area contributed by atoms with Gasteiger partial charge < -0.3 is 0 Å². The summed E-state index contributed by atoms with van der Waals surface area (Å²) in [6.07, 6.45) is 3.34. The number of halogens is 2. The van der Waals surface area contributed by atoms with Gasteiger partial charge in [-0.05, 0) is 18.2 Å². The summed E-state index contributed by atoms with van der Waals surface area (Å²) in [4.78, 5) is 7.84. The maximum Gasteiger partial charge on any atom is 0.217 e. The predicted octanol–water partition coefficient (Wildman–Crippen LogP) is 3.18. The van der Waals surface area contributed by atoms with E-state index in [9.17, 15) is 4.39 Å². The fraction of sp³-hybridized carbons (Fsp3) is 0.0909. The molecule has 0 aliphatic carbocycles. The zero-order chi connectivity index (χ0) is 10.7. The monoisotopic (exact) mass is 266 g/mol. The fourth-order valence-electron chi connectivity index (χ4n) is 1.24. The Morgan fingerprint density at radius 1 is 1.27 bits per heavy atom. The minimum Gasteiger partial charge on any atom is -0.264 e. The minimum atomic E-state index is -0.437. The molecule has 0 bridgehead atoms. The second-order valence-electron chi connectivity index (χ2n) is 3.02. The number of alkyl halides is 1. The van der Waals surface area contributed by atoms with Crippen LogP contribution in [0.4, 0.5) is 4.39 Å². The Bertz CT molecular complexity index is 459. The van der Waals surface area contributed by atoms with Gasteiger partial charge in [0, 0.05) is 28.9 Å². The summed E-state index contributed by atoms with van der Waals surface area (Å²) < 4.78 is 13.4. The molecule has 0 saturated heterocycles. The van der Waals surface area contributed by atoms with E-state index in [1.54, 1.807) is 30.6 Å². The average molecular weight is 267 g/mol. The average Bonchev–Trinajstić information content (AvgIpc) is 2.30. The molecule has 0 unspecified atom stereocenters. The van der Waals surface area contributed by atoms with Crippen molar-refractivity contribution >= 4 is 15.9 Å². The van der Waals surface area contributed by atoms with Crippen LogP contribution in [-0.4, -0.2) is 9.97 Å². The lowest BCUT2D eigenvalue weighted by Gasteiger charge is -2.02. The van der Waals surface area contributed by atoms with Crippen molar-refractivity contribution in [1.29, 1.82) is 0 Å². The molecule has 0 fully saturated rings. The quantitative estimate of drug-likeness (QED) is 0.617. The molecule has 2 nitrogen and oxygen atoms in total. The maximum absolute atomic E-state index is 13.4. The summed E-state index contributed by atoms with van der Waals surface area (Å²) in [5, 5.41) is 0.471. The predicted molar refractivity (Wildman–Crippen MR) is 60.1 cm³/mol. The molecule has 2 aromatic heterocycles. The molecule has 0 saturated carbocycles. The first-order chi connectivity index (χ1) is 7.31. The summed E-state index contributed by atoms with van der Waals surface area (Å²) in [6, 6.07) is 7.16. The largest absolute Gasteiger partial charge is 0.264 e. The highest BCUT2D eigenvalue weighted by atomic mass is 79.9. The first kappa shape index (κ1) is 10.2. The van der Waals surface area contributed by atoms with Gasteiger partial charge in [0.05, 0.1) is 5.69 Å². The van der Waals surface area contributed by atoms with Crippen LogP contribution in [0.1, 0.15) is 5.56 Å². The molecule has 0 radical (unpaired) electrons. The van der Waals surface area contributed by atoms with Gasteiger partial charge in [0.15, 0.2) is 0 Å². The van der Waals surface area contributed by atoms with E-state index in [2.05, 4.69) is 25.9 Å². The van der Waals surface area contributed by atoms with E-state index in [4.69, 9.17) is 0 Å². The number of rotatable bonds is 2. The van der Waals surface area contributed by atoms with Gasteiger partial charge in [-0.25, -0.2) is 4.98 Å². The molecule has 76 valence electrons. The molecule has 0 spiro atoms. The smallest absolute Gasteiger partial charge is 0.217 e. The van der Waals surface area contributed by atoms with E-state index in [1.807, 2.05) is 6.07 Å². The third kappa shape index (κ3) is 2.21. The summed E-state index contributed by atoms with van der Waals surface area (Å²) in [6.45, 7) is 0. The molecule has 2 aromatic rings. The van der Waals surface area contributed by atoms with Gasteiger partial charge in [-0.3, -0.25) is 4.98 Å². The molecule has 2 rings (SSSR count). The van der Waals surface area contributed by atoms with Crippen molar-refractivity contribution in [1.82, 2.24) is 9.97 Å². The summed E-state index contributed by atoms with van der Waals surface area (Å²) >= 11 is 3.20.